The van der Waals surface area contributed by atoms with Crippen molar-refractivity contribution in [1.82, 2.24) is 0 Å². The van der Waals surface area contributed by atoms with Gasteiger partial charge in [0, 0.05) is 0 Å². The van der Waals surface area contributed by atoms with E-state index >= 15 is 0 Å². The fourth-order valence-electron chi connectivity index (χ4n) is 12.2. The predicted octanol–water partition coefficient (Wildman–Crippen LogP) is 13.1. The quantitative estimate of drug-likeness (QED) is 0.244. The Kier molecular flexibility index (Phi) is 8.54. The Bertz CT molecular complexity index is 1850. The number of rotatable bonds is 5. The molecule has 6 aliphatic rings. The molecule has 1 unspecified atom stereocenters. The van der Waals surface area contributed by atoms with Gasteiger partial charge >= 0.3 is 314 Å². The van der Waals surface area contributed by atoms with Crippen molar-refractivity contribution in [3.8, 4) is 11.1 Å². The van der Waals surface area contributed by atoms with E-state index in [2.05, 4.69) is 143 Å². The van der Waals surface area contributed by atoms with Gasteiger partial charge in [0.15, 0.2) is 0 Å². The first-order chi connectivity index (χ1) is 23.6. The molecule has 0 N–H and O–H groups in total. The third kappa shape index (κ3) is 5.48. The molecule has 0 aliphatic heterocycles. The van der Waals surface area contributed by atoms with Crippen LogP contribution in [0.2, 0.25) is 0 Å². The van der Waals surface area contributed by atoms with Crippen molar-refractivity contribution < 1.29 is 21.3 Å². The van der Waals surface area contributed by atoms with E-state index in [9.17, 15) is 0 Å². The van der Waals surface area contributed by atoms with Crippen molar-refractivity contribution in [3.63, 3.8) is 0 Å². The number of allylic oxidation sites excluding steroid dienone is 4. The van der Waals surface area contributed by atoms with Crippen LogP contribution < -0.4 is 0 Å². The number of fused-ring (bicyclic) bond motifs is 3. The van der Waals surface area contributed by atoms with Crippen LogP contribution in [0.15, 0.2) is 75.6 Å². The van der Waals surface area contributed by atoms with E-state index in [-0.39, 0.29) is 10.8 Å². The standard InChI is InChI=1S/C23H29.C17H23.C9H10.Zr/c1-14-9-16-11-17-10-15(2)21(23(6,7)8)13-19(17)18(16)12-20(14)22(3,4)5;1-11-3-4-14(5-11)17(2)15-7-12-6-13(9-15)10-16(17)8-12;1-2-6-9-7-4-3-5-8-9;/h9-13H,1-8H3;4-5,11-13,15-16H,6-10H2,1-2H3;3-5,7-8H,2H2,1H3;. The van der Waals surface area contributed by atoms with Gasteiger partial charge in [-0.3, -0.25) is 0 Å². The summed E-state index contributed by atoms with van der Waals surface area (Å²) < 4.78 is 4.15. The summed E-state index contributed by atoms with van der Waals surface area (Å²) in [4.78, 5) is 0. The summed E-state index contributed by atoms with van der Waals surface area (Å²) in [5.41, 5.74) is 16.1. The van der Waals surface area contributed by atoms with Crippen molar-refractivity contribution in [2.45, 2.75) is 129 Å². The van der Waals surface area contributed by atoms with Crippen LogP contribution in [0.5, 0.6) is 0 Å². The molecule has 0 spiro atoms. The van der Waals surface area contributed by atoms with Crippen LogP contribution in [0, 0.1) is 48.9 Å². The molecule has 3 aromatic carbocycles. The van der Waals surface area contributed by atoms with Crippen molar-refractivity contribution in [3.05, 3.63) is 115 Å². The first-order valence-corrected chi connectivity index (χ1v) is 24.0. The minimum atomic E-state index is -2.68. The number of aryl methyl sites for hydroxylation is 2. The second-order valence-electron chi connectivity index (χ2n) is 19.7. The average Bonchev–Trinajstić information content (AvgIpc) is 3.57. The first-order valence-electron chi connectivity index (χ1n) is 20.1. The Morgan fingerprint density at radius 1 is 0.740 bits per heavy atom. The van der Waals surface area contributed by atoms with Crippen molar-refractivity contribution >= 4 is 3.21 Å². The third-order valence-corrected chi connectivity index (χ3v) is 23.5. The van der Waals surface area contributed by atoms with E-state index in [4.69, 9.17) is 0 Å². The molecule has 262 valence electrons. The normalized spacial score (nSPS) is 29.1. The Morgan fingerprint density at radius 2 is 1.24 bits per heavy atom. The van der Waals surface area contributed by atoms with Crippen LogP contribution in [-0.4, -0.2) is 3.21 Å². The van der Waals surface area contributed by atoms with Crippen LogP contribution in [0.4, 0.5) is 0 Å². The van der Waals surface area contributed by atoms with Gasteiger partial charge in [0.2, 0.25) is 0 Å². The molecule has 6 aliphatic carbocycles. The summed E-state index contributed by atoms with van der Waals surface area (Å²) in [6.45, 7) is 26.9. The van der Waals surface area contributed by atoms with Crippen molar-refractivity contribution in [2.75, 3.05) is 0 Å². The van der Waals surface area contributed by atoms with Gasteiger partial charge in [0.05, 0.1) is 0 Å². The van der Waals surface area contributed by atoms with E-state index < -0.39 is 21.3 Å². The Morgan fingerprint density at radius 3 is 1.70 bits per heavy atom. The molecule has 3 aromatic rings. The molecule has 0 amide bonds. The van der Waals surface area contributed by atoms with E-state index in [1.54, 1.807) is 19.9 Å². The van der Waals surface area contributed by atoms with E-state index in [0.717, 1.165) is 30.1 Å². The summed E-state index contributed by atoms with van der Waals surface area (Å²) in [6, 6.07) is 22.2. The summed E-state index contributed by atoms with van der Waals surface area (Å²) in [5, 5.41) is 0. The van der Waals surface area contributed by atoms with Gasteiger partial charge in [-0.05, 0) is 0 Å². The molecule has 4 saturated carbocycles. The Hall–Kier alpha value is -2.11. The number of hydrogen-bond acceptors (Lipinski definition) is 0. The van der Waals surface area contributed by atoms with E-state index in [1.807, 2.05) is 3.28 Å². The fraction of sp³-hybridized carbons (Fsp3) is 0.531. The van der Waals surface area contributed by atoms with Crippen LogP contribution in [0.3, 0.4) is 0 Å². The van der Waals surface area contributed by atoms with Crippen LogP contribution >= 0.6 is 0 Å². The van der Waals surface area contributed by atoms with Gasteiger partial charge in [-0.1, -0.05) is 0 Å². The maximum absolute atomic E-state index is 2.88. The van der Waals surface area contributed by atoms with E-state index in [1.165, 1.54) is 71.0 Å². The molecule has 0 nitrogen and oxygen atoms in total. The molecule has 0 heterocycles. The Balaban J connectivity index is 1.38. The van der Waals surface area contributed by atoms with Crippen LogP contribution in [-0.2, 0) is 32.1 Å². The summed E-state index contributed by atoms with van der Waals surface area (Å²) in [5.74, 6) is 4.30. The SMILES string of the molecule is CC[C](c1ccccc1)=[Zr]([C]1=CC(C2(C)C3CC4CC(C3)CC2C4)=CC1C)[CH]1c2cc(C)c(C(C)(C)C)cc2-c2cc(C(C)(C)C)c(C)cc21. The van der Waals surface area contributed by atoms with E-state index in [0.29, 0.717) is 15.0 Å². The topological polar surface area (TPSA) is 0 Å². The zero-order valence-corrected chi connectivity index (χ0v) is 35.5. The summed E-state index contributed by atoms with van der Waals surface area (Å²) in [7, 11) is 0. The van der Waals surface area contributed by atoms with Crippen LogP contribution in [0.25, 0.3) is 11.1 Å². The first kappa shape index (κ1) is 35.0. The molecular weight excluding hydrogens is 680 g/mol. The average molecular weight is 742 g/mol. The third-order valence-electron chi connectivity index (χ3n) is 14.4. The van der Waals surface area contributed by atoms with Crippen molar-refractivity contribution in [1.29, 1.82) is 0 Å². The van der Waals surface area contributed by atoms with Gasteiger partial charge < -0.3 is 0 Å². The maximum atomic E-state index is 2.88. The molecule has 1 atom stereocenters. The Labute approximate surface area is 312 Å². The molecular formula is C49H62Zr. The fourth-order valence-corrected chi connectivity index (χ4v) is 21.7. The molecule has 0 aromatic heterocycles. The molecule has 4 bridgehead atoms. The van der Waals surface area contributed by atoms with Crippen molar-refractivity contribution in [2.24, 2.45) is 35.0 Å². The summed E-state index contributed by atoms with van der Waals surface area (Å²) in [6.07, 6.45) is 14.3. The molecule has 9 rings (SSSR count). The van der Waals surface area contributed by atoms with Gasteiger partial charge in [0.1, 0.15) is 0 Å². The summed E-state index contributed by atoms with van der Waals surface area (Å²) >= 11 is -2.68. The number of benzene rings is 3. The second-order valence-corrected chi connectivity index (χ2v) is 26.0. The monoisotopic (exact) mass is 740 g/mol. The van der Waals surface area contributed by atoms with Gasteiger partial charge in [-0.2, -0.15) is 0 Å². The molecule has 0 saturated heterocycles. The minimum absolute atomic E-state index is 0.108. The molecule has 0 radical (unpaired) electrons. The zero-order valence-electron chi connectivity index (χ0n) is 33.1. The van der Waals surface area contributed by atoms with Gasteiger partial charge in [-0.15, -0.1) is 0 Å². The molecule has 4 fully saturated rings. The second kappa shape index (κ2) is 12.2. The zero-order chi connectivity index (χ0) is 35.5. The molecule has 50 heavy (non-hydrogen) atoms. The van der Waals surface area contributed by atoms with Gasteiger partial charge in [-0.25, -0.2) is 0 Å². The molecule has 1 heteroatoms. The van der Waals surface area contributed by atoms with Crippen LogP contribution in [0.1, 0.15) is 143 Å². The predicted molar refractivity (Wildman–Crippen MR) is 212 cm³/mol. The van der Waals surface area contributed by atoms with Gasteiger partial charge in [0.25, 0.3) is 0 Å². The number of hydrogen-bond donors (Lipinski definition) is 0.